The fourth-order valence-corrected chi connectivity index (χ4v) is 1.96. The van der Waals surface area contributed by atoms with Gasteiger partial charge in [-0.1, -0.05) is 13.8 Å². The third kappa shape index (κ3) is 2.04. The minimum Gasteiger partial charge on any atom is -0.369 e. The van der Waals surface area contributed by atoms with Gasteiger partial charge in [0.2, 0.25) is 5.91 Å². The summed E-state index contributed by atoms with van der Waals surface area (Å²) >= 11 is 0. The fourth-order valence-electron chi connectivity index (χ4n) is 1.96. The monoisotopic (exact) mass is 220 g/mol. The molecule has 0 fully saturated rings. The van der Waals surface area contributed by atoms with Crippen LogP contribution < -0.4 is 11.1 Å². The van der Waals surface area contributed by atoms with Crippen LogP contribution in [-0.2, 0) is 24.3 Å². The van der Waals surface area contributed by atoms with Crippen LogP contribution in [0.15, 0.2) is 0 Å². The number of hydrogen-bond acceptors (Lipinski definition) is 4. The number of aromatic nitrogens is 2. The molecule has 5 heteroatoms. The molecule has 0 saturated heterocycles. The highest BCUT2D eigenvalue weighted by Crippen LogP contribution is 2.23. The molecule has 0 saturated carbocycles. The smallest absolute Gasteiger partial charge is 0.225 e. The molecular weight excluding hydrogens is 204 g/mol. The van der Waals surface area contributed by atoms with Crippen LogP contribution in [0.3, 0.4) is 0 Å². The molecule has 2 heterocycles. The Balaban J connectivity index is 2.43. The molecule has 1 aliphatic heterocycles. The van der Waals surface area contributed by atoms with Gasteiger partial charge in [0, 0.05) is 18.7 Å². The van der Waals surface area contributed by atoms with Gasteiger partial charge in [-0.2, -0.15) is 0 Å². The number of nitrogens with one attached hydrogen (secondary N) is 1. The normalized spacial score (nSPS) is 14.2. The summed E-state index contributed by atoms with van der Waals surface area (Å²) in [6.45, 7) is 5.76. The Morgan fingerprint density at radius 1 is 1.44 bits per heavy atom. The van der Waals surface area contributed by atoms with E-state index in [-0.39, 0.29) is 12.3 Å². The number of nitrogens with two attached hydrogens (primary N) is 1. The largest absolute Gasteiger partial charge is 0.369 e. The molecule has 0 unspecified atom stereocenters. The van der Waals surface area contributed by atoms with Crippen molar-refractivity contribution in [3.63, 3.8) is 0 Å². The van der Waals surface area contributed by atoms with E-state index in [9.17, 15) is 4.79 Å². The van der Waals surface area contributed by atoms with Gasteiger partial charge in [0.15, 0.2) is 0 Å². The number of carbonyl (C=O) groups is 1. The summed E-state index contributed by atoms with van der Waals surface area (Å²) in [5, 5.41) is 3.24. The van der Waals surface area contributed by atoms with Crippen molar-refractivity contribution in [3.05, 3.63) is 22.8 Å². The average Bonchev–Trinajstić information content (AvgIpc) is 2.62. The molecule has 1 amide bonds. The molecule has 0 aromatic carbocycles. The molecule has 0 bridgehead atoms. The summed E-state index contributed by atoms with van der Waals surface area (Å²) < 4.78 is 0. The summed E-state index contributed by atoms with van der Waals surface area (Å²) in [7, 11) is 0. The lowest BCUT2D eigenvalue weighted by molar-refractivity contribution is -0.117. The third-order valence-electron chi connectivity index (χ3n) is 2.64. The van der Waals surface area contributed by atoms with Crippen LogP contribution in [0, 0.1) is 0 Å². The highest BCUT2D eigenvalue weighted by molar-refractivity contribution is 5.75. The molecule has 5 nitrogen and oxygen atoms in total. The zero-order valence-electron chi connectivity index (χ0n) is 9.58. The highest BCUT2D eigenvalue weighted by Gasteiger charge is 2.20. The SMILES string of the molecule is CC(C)c1nc(CC(N)=O)nc2c1CNC2. The summed E-state index contributed by atoms with van der Waals surface area (Å²) in [5.74, 6) is 0.488. The van der Waals surface area contributed by atoms with Crippen LogP contribution in [0.5, 0.6) is 0 Å². The van der Waals surface area contributed by atoms with E-state index in [1.165, 1.54) is 5.56 Å². The van der Waals surface area contributed by atoms with E-state index in [4.69, 9.17) is 5.73 Å². The number of fused-ring (bicyclic) bond motifs is 1. The predicted molar refractivity (Wildman–Crippen MR) is 59.6 cm³/mol. The van der Waals surface area contributed by atoms with Gasteiger partial charge < -0.3 is 11.1 Å². The quantitative estimate of drug-likeness (QED) is 0.764. The zero-order valence-corrected chi connectivity index (χ0v) is 9.58. The van der Waals surface area contributed by atoms with Crippen LogP contribution >= 0.6 is 0 Å². The Morgan fingerprint density at radius 2 is 2.19 bits per heavy atom. The molecule has 0 aliphatic carbocycles. The molecule has 2 rings (SSSR count). The van der Waals surface area contributed by atoms with Gasteiger partial charge in [-0.25, -0.2) is 9.97 Å². The average molecular weight is 220 g/mol. The molecule has 0 atom stereocenters. The second-order valence-electron chi connectivity index (χ2n) is 4.35. The number of hydrogen-bond donors (Lipinski definition) is 2. The van der Waals surface area contributed by atoms with Gasteiger partial charge in [0.05, 0.1) is 17.8 Å². The summed E-state index contributed by atoms with van der Waals surface area (Å²) in [5.41, 5.74) is 8.39. The zero-order chi connectivity index (χ0) is 11.7. The first-order chi connectivity index (χ1) is 7.58. The molecule has 0 spiro atoms. The molecule has 86 valence electrons. The fraction of sp³-hybridized carbons (Fsp3) is 0.545. The van der Waals surface area contributed by atoms with Crippen LogP contribution in [0.4, 0.5) is 0 Å². The summed E-state index contributed by atoms with van der Waals surface area (Å²) in [6.07, 6.45) is 0.118. The second-order valence-corrected chi connectivity index (χ2v) is 4.35. The lowest BCUT2D eigenvalue weighted by Crippen LogP contribution is -2.17. The predicted octanol–water partition coefficient (Wildman–Crippen LogP) is 0.231. The standard InChI is InChI=1S/C11H16N4O/c1-6(2)11-7-4-13-5-8(7)14-10(15-11)3-9(12)16/h6,13H,3-5H2,1-2H3,(H2,12,16). The van der Waals surface area contributed by atoms with E-state index in [0.29, 0.717) is 11.7 Å². The minimum absolute atomic E-state index is 0.118. The van der Waals surface area contributed by atoms with E-state index in [2.05, 4.69) is 29.1 Å². The third-order valence-corrected chi connectivity index (χ3v) is 2.64. The number of nitrogens with zero attached hydrogens (tertiary/aromatic N) is 2. The molecule has 0 radical (unpaired) electrons. The molecular formula is C11H16N4O. The van der Waals surface area contributed by atoms with Crippen LogP contribution in [0.2, 0.25) is 0 Å². The maximum absolute atomic E-state index is 10.9. The van der Waals surface area contributed by atoms with Gasteiger partial charge in [-0.3, -0.25) is 4.79 Å². The molecule has 3 N–H and O–H groups in total. The maximum atomic E-state index is 10.9. The lowest BCUT2D eigenvalue weighted by atomic mass is 10.0. The van der Waals surface area contributed by atoms with Gasteiger partial charge >= 0.3 is 0 Å². The first-order valence-corrected chi connectivity index (χ1v) is 5.45. The molecule has 16 heavy (non-hydrogen) atoms. The van der Waals surface area contributed by atoms with E-state index in [1.54, 1.807) is 0 Å². The number of rotatable bonds is 3. The molecule has 1 aromatic rings. The van der Waals surface area contributed by atoms with Crippen molar-refractivity contribution in [3.8, 4) is 0 Å². The summed E-state index contributed by atoms with van der Waals surface area (Å²) in [4.78, 5) is 19.7. The maximum Gasteiger partial charge on any atom is 0.225 e. The number of carbonyl (C=O) groups excluding carboxylic acids is 1. The second kappa shape index (κ2) is 4.17. The van der Waals surface area contributed by atoms with Crippen LogP contribution in [-0.4, -0.2) is 15.9 Å². The Kier molecular flexibility index (Phi) is 2.87. The highest BCUT2D eigenvalue weighted by atomic mass is 16.1. The van der Waals surface area contributed by atoms with Crippen LogP contribution in [0.25, 0.3) is 0 Å². The van der Waals surface area contributed by atoms with Gasteiger partial charge in [-0.05, 0) is 5.92 Å². The Labute approximate surface area is 94.5 Å². The lowest BCUT2D eigenvalue weighted by Gasteiger charge is -2.11. The van der Waals surface area contributed by atoms with Crippen molar-refractivity contribution in [1.29, 1.82) is 0 Å². The van der Waals surface area contributed by atoms with Crippen molar-refractivity contribution in [2.75, 3.05) is 0 Å². The Hall–Kier alpha value is -1.49. The van der Waals surface area contributed by atoms with Crippen molar-refractivity contribution >= 4 is 5.91 Å². The van der Waals surface area contributed by atoms with E-state index in [1.807, 2.05) is 0 Å². The van der Waals surface area contributed by atoms with Crippen molar-refractivity contribution in [2.45, 2.75) is 39.3 Å². The summed E-state index contributed by atoms with van der Waals surface area (Å²) in [6, 6.07) is 0. The first-order valence-electron chi connectivity index (χ1n) is 5.45. The minimum atomic E-state index is -0.388. The molecule has 1 aliphatic rings. The molecule has 1 aromatic heterocycles. The van der Waals surface area contributed by atoms with Crippen molar-refractivity contribution in [2.24, 2.45) is 5.73 Å². The van der Waals surface area contributed by atoms with Crippen molar-refractivity contribution in [1.82, 2.24) is 15.3 Å². The number of amides is 1. The van der Waals surface area contributed by atoms with Crippen LogP contribution in [0.1, 0.15) is 42.5 Å². The van der Waals surface area contributed by atoms with Gasteiger partial charge in [-0.15, -0.1) is 0 Å². The Morgan fingerprint density at radius 3 is 2.81 bits per heavy atom. The van der Waals surface area contributed by atoms with Crippen molar-refractivity contribution < 1.29 is 4.79 Å². The van der Waals surface area contributed by atoms with Gasteiger partial charge in [0.25, 0.3) is 0 Å². The van der Waals surface area contributed by atoms with Gasteiger partial charge in [0.1, 0.15) is 5.82 Å². The van der Waals surface area contributed by atoms with E-state index >= 15 is 0 Å². The topological polar surface area (TPSA) is 80.9 Å². The Bertz CT molecular complexity index is 428. The van der Waals surface area contributed by atoms with E-state index in [0.717, 1.165) is 24.5 Å². The number of primary amides is 1. The van der Waals surface area contributed by atoms with E-state index < -0.39 is 0 Å². The first kappa shape index (κ1) is 11.0.